The predicted octanol–water partition coefficient (Wildman–Crippen LogP) is 6.23. The summed E-state index contributed by atoms with van der Waals surface area (Å²) in [5.41, 5.74) is 2.17. The predicted molar refractivity (Wildman–Crippen MR) is 148 cm³/mol. The summed E-state index contributed by atoms with van der Waals surface area (Å²) in [5, 5.41) is 5.20. The van der Waals surface area contributed by atoms with Gasteiger partial charge >= 0.3 is 0 Å². The van der Waals surface area contributed by atoms with Gasteiger partial charge in [-0.25, -0.2) is 4.98 Å². The van der Waals surface area contributed by atoms with Gasteiger partial charge in [-0.15, -0.1) is 13.0 Å². The Hall–Kier alpha value is -3.37. The lowest BCUT2D eigenvalue weighted by Crippen LogP contribution is -2.25. The van der Waals surface area contributed by atoms with Crippen LogP contribution in [-0.2, 0) is 6.42 Å². The summed E-state index contributed by atoms with van der Waals surface area (Å²) in [5.74, 6) is 4.60. The van der Waals surface area contributed by atoms with Crippen LogP contribution in [0.5, 0.6) is 11.5 Å². The van der Waals surface area contributed by atoms with Crippen molar-refractivity contribution in [2.75, 3.05) is 13.2 Å². The van der Waals surface area contributed by atoms with Gasteiger partial charge in [0.05, 0.1) is 23.7 Å². The van der Waals surface area contributed by atoms with E-state index in [9.17, 15) is 4.79 Å². The van der Waals surface area contributed by atoms with Crippen LogP contribution in [0.1, 0.15) is 61.9 Å². The van der Waals surface area contributed by atoms with E-state index in [2.05, 4.69) is 33.5 Å². The maximum absolute atomic E-state index is 13.6. The van der Waals surface area contributed by atoms with Crippen LogP contribution in [0.15, 0.2) is 57.4 Å². The highest BCUT2D eigenvalue weighted by atomic mass is 79.9. The third-order valence-corrected chi connectivity index (χ3v) is 6.74. The number of terminal acetylenes is 1. The second-order valence-corrected chi connectivity index (χ2v) is 9.67. The first-order chi connectivity index (χ1) is 17.5. The van der Waals surface area contributed by atoms with Gasteiger partial charge in [0.1, 0.15) is 12.4 Å². The fraction of sp³-hybridized carbons (Fsp3) is 0.345. The topological polar surface area (TPSA) is 65.7 Å². The van der Waals surface area contributed by atoms with Crippen molar-refractivity contribution < 1.29 is 9.47 Å². The molecule has 2 aromatic carbocycles. The summed E-state index contributed by atoms with van der Waals surface area (Å²) in [6.07, 6.45) is 14.9. The Morgan fingerprint density at radius 2 is 2.06 bits per heavy atom. The lowest BCUT2D eigenvalue weighted by atomic mass is 9.88. The van der Waals surface area contributed by atoms with Gasteiger partial charge in [0.25, 0.3) is 5.56 Å². The van der Waals surface area contributed by atoms with Gasteiger partial charge in [-0.3, -0.25) is 4.79 Å². The highest BCUT2D eigenvalue weighted by molar-refractivity contribution is 9.10. The number of rotatable bonds is 9. The molecule has 0 N–H and O–H groups in total. The van der Waals surface area contributed by atoms with Crippen molar-refractivity contribution >= 4 is 33.0 Å². The van der Waals surface area contributed by atoms with E-state index in [0.29, 0.717) is 35.4 Å². The molecule has 36 heavy (non-hydrogen) atoms. The Kier molecular flexibility index (Phi) is 8.61. The molecule has 0 atom stereocenters. The number of aromatic nitrogens is 2. The number of fused-ring (bicyclic) bond motifs is 1. The van der Waals surface area contributed by atoms with Crippen LogP contribution in [0.25, 0.3) is 10.9 Å². The zero-order chi connectivity index (χ0) is 25.5. The van der Waals surface area contributed by atoms with Crippen molar-refractivity contribution in [1.82, 2.24) is 9.66 Å². The molecule has 0 aliphatic heterocycles. The smallest absolute Gasteiger partial charge is 0.282 e. The highest BCUT2D eigenvalue weighted by Crippen LogP contribution is 2.34. The SMILES string of the molecule is C#CCOc1c(CC=C)cc(C=Nn2c(C3CCCCC3)nc3ccc(Br)cc3c2=O)cc1OCC. The van der Waals surface area contributed by atoms with Crippen molar-refractivity contribution in [3.05, 3.63) is 74.8 Å². The first kappa shape index (κ1) is 25.7. The van der Waals surface area contributed by atoms with E-state index in [-0.39, 0.29) is 18.1 Å². The summed E-state index contributed by atoms with van der Waals surface area (Å²) in [6, 6.07) is 9.39. The minimum atomic E-state index is -0.177. The first-order valence-corrected chi connectivity index (χ1v) is 13.1. The molecule has 186 valence electrons. The summed E-state index contributed by atoms with van der Waals surface area (Å²) >= 11 is 3.47. The number of allylic oxidation sites excluding steroid dienone is 1. The van der Waals surface area contributed by atoms with Gasteiger partial charge in [-0.2, -0.15) is 9.78 Å². The molecule has 0 bridgehead atoms. The lowest BCUT2D eigenvalue weighted by molar-refractivity contribution is 0.297. The summed E-state index contributed by atoms with van der Waals surface area (Å²) in [6.45, 7) is 6.37. The monoisotopic (exact) mass is 547 g/mol. The average Bonchev–Trinajstić information content (AvgIpc) is 2.89. The molecule has 6 nitrogen and oxygen atoms in total. The van der Waals surface area contributed by atoms with E-state index < -0.39 is 0 Å². The Balaban J connectivity index is 1.83. The number of hydrogen-bond acceptors (Lipinski definition) is 5. The van der Waals surface area contributed by atoms with Crippen molar-refractivity contribution in [3.8, 4) is 23.8 Å². The third kappa shape index (κ3) is 5.71. The van der Waals surface area contributed by atoms with Crippen LogP contribution in [0.4, 0.5) is 0 Å². The second-order valence-electron chi connectivity index (χ2n) is 8.75. The molecular weight excluding hydrogens is 518 g/mol. The Labute approximate surface area is 220 Å². The van der Waals surface area contributed by atoms with E-state index >= 15 is 0 Å². The summed E-state index contributed by atoms with van der Waals surface area (Å²) < 4.78 is 13.9. The van der Waals surface area contributed by atoms with E-state index in [4.69, 9.17) is 20.9 Å². The van der Waals surface area contributed by atoms with Gasteiger partial charge < -0.3 is 9.47 Å². The van der Waals surface area contributed by atoms with Gasteiger partial charge in [-0.1, -0.05) is 47.2 Å². The second kappa shape index (κ2) is 12.0. The molecule has 0 unspecified atom stereocenters. The molecule has 1 heterocycles. The maximum atomic E-state index is 13.6. The van der Waals surface area contributed by atoms with Crippen LogP contribution in [-0.4, -0.2) is 29.1 Å². The standard InChI is InChI=1S/C29H30BrN3O3/c1-4-10-22-16-20(17-26(35-6-3)27(22)36-15-5-2)19-31-33-28(21-11-8-7-9-12-21)32-25-14-13-23(30)18-24(25)29(33)34/h2,4,13-14,16-19,21H,1,6-12,15H2,3H3. The van der Waals surface area contributed by atoms with Gasteiger partial charge in [-0.05, 0) is 62.1 Å². The first-order valence-electron chi connectivity index (χ1n) is 12.3. The van der Waals surface area contributed by atoms with E-state index in [0.717, 1.165) is 47.1 Å². The van der Waals surface area contributed by atoms with Crippen molar-refractivity contribution in [3.63, 3.8) is 0 Å². The third-order valence-electron chi connectivity index (χ3n) is 6.24. The number of ether oxygens (including phenoxy) is 2. The van der Waals surface area contributed by atoms with Crippen LogP contribution in [0.2, 0.25) is 0 Å². The lowest BCUT2D eigenvalue weighted by Gasteiger charge is -2.22. The molecule has 7 heteroatoms. The molecule has 4 rings (SSSR count). The molecule has 3 aromatic rings. The molecule has 1 aromatic heterocycles. The van der Waals surface area contributed by atoms with Crippen LogP contribution in [0, 0.1) is 12.3 Å². The van der Waals surface area contributed by atoms with Crippen molar-refractivity contribution in [2.45, 2.75) is 51.4 Å². The minimum absolute atomic E-state index is 0.135. The van der Waals surface area contributed by atoms with Gasteiger partial charge in [0.15, 0.2) is 11.5 Å². The number of benzene rings is 2. The van der Waals surface area contributed by atoms with Gasteiger partial charge in [0.2, 0.25) is 0 Å². The molecule has 1 saturated carbocycles. The maximum Gasteiger partial charge on any atom is 0.282 e. The minimum Gasteiger partial charge on any atom is -0.490 e. The Morgan fingerprint density at radius 1 is 1.25 bits per heavy atom. The Morgan fingerprint density at radius 3 is 2.78 bits per heavy atom. The van der Waals surface area contributed by atoms with E-state index in [1.807, 2.05) is 31.2 Å². The van der Waals surface area contributed by atoms with Gasteiger partial charge in [0, 0.05) is 16.0 Å². The fourth-order valence-corrected chi connectivity index (χ4v) is 4.99. The highest BCUT2D eigenvalue weighted by Gasteiger charge is 2.22. The van der Waals surface area contributed by atoms with E-state index in [1.165, 1.54) is 11.1 Å². The number of halogens is 1. The zero-order valence-electron chi connectivity index (χ0n) is 20.5. The normalized spacial score (nSPS) is 14.1. The molecule has 0 spiro atoms. The quantitative estimate of drug-likeness (QED) is 0.181. The fourth-order valence-electron chi connectivity index (χ4n) is 4.63. The van der Waals surface area contributed by atoms with Crippen LogP contribution >= 0.6 is 15.9 Å². The molecule has 1 fully saturated rings. The molecular formula is C29H30BrN3O3. The van der Waals surface area contributed by atoms with Crippen molar-refractivity contribution in [2.24, 2.45) is 5.10 Å². The number of hydrogen-bond donors (Lipinski definition) is 0. The molecule has 1 aliphatic rings. The molecule has 0 radical (unpaired) electrons. The number of nitrogens with zero attached hydrogens (tertiary/aromatic N) is 3. The largest absolute Gasteiger partial charge is 0.490 e. The average molecular weight is 548 g/mol. The molecule has 0 amide bonds. The van der Waals surface area contributed by atoms with E-state index in [1.54, 1.807) is 18.4 Å². The summed E-state index contributed by atoms with van der Waals surface area (Å²) in [4.78, 5) is 18.5. The Bertz CT molecular complexity index is 1380. The molecule has 1 aliphatic carbocycles. The van der Waals surface area contributed by atoms with Crippen LogP contribution in [0.3, 0.4) is 0 Å². The summed E-state index contributed by atoms with van der Waals surface area (Å²) in [7, 11) is 0. The molecule has 0 saturated heterocycles. The van der Waals surface area contributed by atoms with Crippen LogP contribution < -0.4 is 15.0 Å². The van der Waals surface area contributed by atoms with Crippen molar-refractivity contribution in [1.29, 1.82) is 0 Å². The zero-order valence-corrected chi connectivity index (χ0v) is 22.1.